The van der Waals surface area contributed by atoms with E-state index < -0.39 is 0 Å². The molecule has 0 radical (unpaired) electrons. The van der Waals surface area contributed by atoms with E-state index >= 15 is 0 Å². The summed E-state index contributed by atoms with van der Waals surface area (Å²) in [5.41, 5.74) is 0.859. The van der Waals surface area contributed by atoms with Gasteiger partial charge < -0.3 is 0 Å². The number of hydrogen-bond donors (Lipinski definition) is 1. The molecule has 1 aliphatic heterocycles. The quantitative estimate of drug-likeness (QED) is 0.603. The van der Waals surface area contributed by atoms with Crippen LogP contribution in [0.15, 0.2) is 24.3 Å². The first-order chi connectivity index (χ1) is 11.5. The van der Waals surface area contributed by atoms with Crippen LogP contribution in [0.3, 0.4) is 0 Å². The van der Waals surface area contributed by atoms with Crippen molar-refractivity contribution in [2.24, 2.45) is 0 Å². The largest absolute Gasteiger partial charge is 0.300 e. The molecule has 24 heavy (non-hydrogen) atoms. The zero-order valence-electron chi connectivity index (χ0n) is 12.7. The number of anilines is 1. The Morgan fingerprint density at radius 3 is 2.46 bits per heavy atom. The zero-order chi connectivity index (χ0) is 17.3. The first-order valence-electron chi connectivity index (χ1n) is 7.20. The number of alkyl halides is 1. The van der Waals surface area contributed by atoms with Crippen molar-refractivity contribution >= 4 is 50.1 Å². The molecule has 124 valence electrons. The molecule has 1 N–H and O–H groups in total. The van der Waals surface area contributed by atoms with Crippen LogP contribution in [0.25, 0.3) is 0 Å². The average Bonchev–Trinajstić information content (AvgIpc) is 3.10. The molecule has 1 unspecified atom stereocenters. The monoisotopic (exact) mass is 408 g/mol. The topological polar surface area (TPSA) is 92.3 Å². The maximum Gasteiger partial charge on any atom is 0.261 e. The number of amides is 3. The molecule has 3 amide bonds. The van der Waals surface area contributed by atoms with Crippen LogP contribution in [0, 0.1) is 0 Å². The Bertz CT molecular complexity index is 786. The van der Waals surface area contributed by atoms with Gasteiger partial charge in [-0.1, -0.05) is 39.4 Å². The van der Waals surface area contributed by atoms with E-state index in [2.05, 4.69) is 31.4 Å². The molecule has 0 saturated heterocycles. The Labute approximate surface area is 150 Å². The van der Waals surface area contributed by atoms with Gasteiger partial charge in [0.1, 0.15) is 5.01 Å². The Balaban J connectivity index is 1.63. The van der Waals surface area contributed by atoms with Crippen LogP contribution in [0.5, 0.6) is 0 Å². The molecule has 1 atom stereocenters. The maximum absolute atomic E-state index is 12.3. The van der Waals surface area contributed by atoms with E-state index in [0.717, 1.165) is 0 Å². The highest BCUT2D eigenvalue weighted by Crippen LogP contribution is 2.23. The Morgan fingerprint density at radius 1 is 1.25 bits per heavy atom. The predicted octanol–water partition coefficient (Wildman–Crippen LogP) is 2.10. The second kappa shape index (κ2) is 6.78. The van der Waals surface area contributed by atoms with Gasteiger partial charge in [0.25, 0.3) is 11.8 Å². The molecular weight excluding hydrogens is 396 g/mol. The van der Waals surface area contributed by atoms with Crippen LogP contribution in [0.1, 0.15) is 32.6 Å². The highest BCUT2D eigenvalue weighted by molar-refractivity contribution is 9.10. The third kappa shape index (κ3) is 3.22. The Morgan fingerprint density at radius 2 is 1.88 bits per heavy atom. The molecule has 3 rings (SSSR count). The number of fused-ring (bicyclic) bond motifs is 1. The number of halogens is 1. The fourth-order valence-corrected chi connectivity index (χ4v) is 3.11. The van der Waals surface area contributed by atoms with Crippen LogP contribution in [-0.2, 0) is 11.2 Å². The molecule has 0 spiro atoms. The minimum absolute atomic E-state index is 0.210. The summed E-state index contributed by atoms with van der Waals surface area (Å²) in [5.74, 6) is -0.790. The number of imide groups is 1. The number of rotatable bonds is 5. The first-order valence-corrected chi connectivity index (χ1v) is 8.93. The average molecular weight is 409 g/mol. The van der Waals surface area contributed by atoms with Crippen molar-refractivity contribution in [3.63, 3.8) is 0 Å². The predicted molar refractivity (Wildman–Crippen MR) is 92.4 cm³/mol. The summed E-state index contributed by atoms with van der Waals surface area (Å²) in [4.78, 5) is 37.0. The number of nitrogens with zero attached hydrogens (tertiary/aromatic N) is 3. The van der Waals surface area contributed by atoms with Gasteiger partial charge in [-0.3, -0.25) is 24.6 Å². The van der Waals surface area contributed by atoms with E-state index in [9.17, 15) is 14.4 Å². The molecule has 1 aromatic carbocycles. The number of carbonyl (C=O) groups excluding carboxylic acids is 3. The van der Waals surface area contributed by atoms with Crippen LogP contribution >= 0.6 is 27.3 Å². The number of nitrogens with one attached hydrogen (secondary N) is 1. The Hall–Kier alpha value is -2.13. The van der Waals surface area contributed by atoms with Crippen molar-refractivity contribution in [3.05, 3.63) is 40.4 Å². The molecule has 9 heteroatoms. The maximum atomic E-state index is 12.3. The van der Waals surface area contributed by atoms with Gasteiger partial charge in [0, 0.05) is 13.0 Å². The Kier molecular flexibility index (Phi) is 4.72. The first kappa shape index (κ1) is 16.7. The lowest BCUT2D eigenvalue weighted by Gasteiger charge is -2.12. The molecule has 0 aliphatic carbocycles. The third-order valence-corrected chi connectivity index (χ3v) is 4.80. The van der Waals surface area contributed by atoms with E-state index in [1.54, 1.807) is 31.2 Å². The second-order valence-electron chi connectivity index (χ2n) is 5.16. The molecule has 2 aromatic rings. The van der Waals surface area contributed by atoms with Gasteiger partial charge in [0.05, 0.1) is 16.0 Å². The summed E-state index contributed by atoms with van der Waals surface area (Å²) in [6.45, 7) is 1.93. The standard InChI is InChI=1S/C15H13BrN4O3S/c1-8(16)12(21)17-15-19-18-11(24-15)6-7-20-13(22)9-4-2-3-5-10(9)14(20)23/h2-5,8H,6-7H2,1H3,(H,17,19,21). The molecule has 0 fully saturated rings. The molecule has 0 bridgehead atoms. The van der Waals surface area contributed by atoms with Crippen LogP contribution < -0.4 is 5.32 Å². The molecule has 1 aliphatic rings. The SMILES string of the molecule is CC(Br)C(=O)Nc1nnc(CCN2C(=O)c3ccccc3C2=O)s1. The fourth-order valence-electron chi connectivity index (χ4n) is 2.26. The van der Waals surface area contributed by atoms with Gasteiger partial charge in [0.2, 0.25) is 11.0 Å². The minimum Gasteiger partial charge on any atom is -0.300 e. The van der Waals surface area contributed by atoms with Gasteiger partial charge in [0.15, 0.2) is 0 Å². The summed E-state index contributed by atoms with van der Waals surface area (Å²) in [5, 5.41) is 11.5. The summed E-state index contributed by atoms with van der Waals surface area (Å²) < 4.78 is 0. The molecule has 7 nitrogen and oxygen atoms in total. The minimum atomic E-state index is -0.330. The van der Waals surface area contributed by atoms with E-state index in [1.165, 1.54) is 16.2 Å². The van der Waals surface area contributed by atoms with Crippen molar-refractivity contribution in [2.45, 2.75) is 18.2 Å². The van der Waals surface area contributed by atoms with Gasteiger partial charge in [-0.05, 0) is 19.1 Å². The van der Waals surface area contributed by atoms with Gasteiger partial charge in [-0.2, -0.15) is 0 Å². The lowest BCUT2D eigenvalue weighted by Crippen LogP contribution is -2.31. The molecule has 2 heterocycles. The number of benzene rings is 1. The van der Waals surface area contributed by atoms with Gasteiger partial charge in [-0.15, -0.1) is 10.2 Å². The zero-order valence-corrected chi connectivity index (χ0v) is 15.1. The number of aromatic nitrogens is 2. The number of carbonyl (C=O) groups is 3. The molecule has 0 saturated carbocycles. The lowest BCUT2D eigenvalue weighted by atomic mass is 10.1. The highest BCUT2D eigenvalue weighted by atomic mass is 79.9. The second-order valence-corrected chi connectivity index (χ2v) is 7.60. The van der Waals surface area contributed by atoms with E-state index in [4.69, 9.17) is 0 Å². The fraction of sp³-hybridized carbons (Fsp3) is 0.267. The van der Waals surface area contributed by atoms with E-state index in [1.807, 2.05) is 0 Å². The van der Waals surface area contributed by atoms with Crippen molar-refractivity contribution in [2.75, 3.05) is 11.9 Å². The summed E-state index contributed by atoms with van der Waals surface area (Å²) in [7, 11) is 0. The van der Waals surface area contributed by atoms with Crippen molar-refractivity contribution in [1.29, 1.82) is 0 Å². The van der Waals surface area contributed by atoms with Gasteiger partial charge in [-0.25, -0.2) is 0 Å². The van der Waals surface area contributed by atoms with Crippen LogP contribution in [0.4, 0.5) is 5.13 Å². The van der Waals surface area contributed by atoms with Crippen molar-refractivity contribution < 1.29 is 14.4 Å². The summed E-state index contributed by atoms with van der Waals surface area (Å²) in [6, 6.07) is 6.77. The summed E-state index contributed by atoms with van der Waals surface area (Å²) in [6.07, 6.45) is 0.392. The van der Waals surface area contributed by atoms with E-state index in [-0.39, 0.29) is 29.1 Å². The summed E-state index contributed by atoms with van der Waals surface area (Å²) >= 11 is 4.39. The van der Waals surface area contributed by atoms with Crippen LogP contribution in [0.2, 0.25) is 0 Å². The molecular formula is C15H13BrN4O3S. The normalized spacial score (nSPS) is 14.7. The van der Waals surface area contributed by atoms with Crippen molar-refractivity contribution in [3.8, 4) is 0 Å². The lowest BCUT2D eigenvalue weighted by molar-refractivity contribution is -0.115. The van der Waals surface area contributed by atoms with Crippen LogP contribution in [-0.4, -0.2) is 44.2 Å². The number of hydrogen-bond acceptors (Lipinski definition) is 6. The third-order valence-electron chi connectivity index (χ3n) is 3.49. The highest BCUT2D eigenvalue weighted by Gasteiger charge is 2.34. The molecule has 1 aromatic heterocycles. The van der Waals surface area contributed by atoms with E-state index in [0.29, 0.717) is 27.7 Å². The van der Waals surface area contributed by atoms with Gasteiger partial charge >= 0.3 is 0 Å². The smallest absolute Gasteiger partial charge is 0.261 e. The van der Waals surface area contributed by atoms with Crippen molar-refractivity contribution in [1.82, 2.24) is 15.1 Å².